The van der Waals surface area contributed by atoms with Crippen LogP contribution in [0.15, 0.2) is 28.8 Å². The van der Waals surface area contributed by atoms with Crippen LogP contribution in [0.25, 0.3) is 0 Å². The van der Waals surface area contributed by atoms with E-state index in [-0.39, 0.29) is 0 Å². The molecular weight excluding hydrogens is 167 g/mol. The van der Waals surface area contributed by atoms with Crippen LogP contribution in [0, 0.1) is 0 Å². The van der Waals surface area contributed by atoms with Crippen LogP contribution in [0.4, 0.5) is 13.2 Å². The molecule has 0 saturated carbocycles. The molecule has 0 heterocycles. The van der Waals surface area contributed by atoms with Crippen LogP contribution in [0.3, 0.4) is 0 Å². The maximum absolute atomic E-state index is 12.1. The maximum Gasteiger partial charge on any atom is 0.417 e. The number of hydrogen-bond donors (Lipinski definition) is 0. The summed E-state index contributed by atoms with van der Waals surface area (Å²) in [6.07, 6.45) is -2.62. The first-order valence-corrected chi connectivity index (χ1v) is 3.24. The third kappa shape index (κ3) is 3.95. The van der Waals surface area contributed by atoms with Crippen LogP contribution in [-0.4, -0.2) is 19.4 Å². The van der Waals surface area contributed by atoms with Crippen LogP contribution in [0.2, 0.25) is 0 Å². The molecule has 0 saturated heterocycles. The number of alkyl halides is 3. The molecule has 1 nitrogen and oxygen atoms in total. The molecule has 0 N–H and O–H groups in total. The minimum atomic E-state index is -4.35. The number of hydrogen-bond acceptors (Lipinski definition) is 1. The van der Waals surface area contributed by atoms with Crippen molar-refractivity contribution >= 4 is 6.21 Å². The van der Waals surface area contributed by atoms with Gasteiger partial charge in [-0.1, -0.05) is 12.2 Å². The van der Waals surface area contributed by atoms with Gasteiger partial charge in [-0.3, -0.25) is 4.99 Å². The lowest BCUT2D eigenvalue weighted by Gasteiger charge is -2.06. The van der Waals surface area contributed by atoms with E-state index in [0.717, 1.165) is 12.3 Å². The predicted octanol–water partition coefficient (Wildman–Crippen LogP) is 2.75. The predicted molar refractivity (Wildman–Crippen MR) is 43.4 cm³/mol. The molecule has 0 fully saturated rings. The molecule has 0 aromatic rings. The van der Waals surface area contributed by atoms with Gasteiger partial charge in [0.1, 0.15) is 0 Å². The quantitative estimate of drug-likeness (QED) is 0.454. The second-order valence-electron chi connectivity index (χ2n) is 2.33. The fourth-order valence-corrected chi connectivity index (χ4v) is 0.597. The molecule has 12 heavy (non-hydrogen) atoms. The lowest BCUT2D eigenvalue weighted by Crippen LogP contribution is -2.13. The normalized spacial score (nSPS) is 13.9. The van der Waals surface area contributed by atoms with E-state index in [1.54, 1.807) is 0 Å². The third-order valence-electron chi connectivity index (χ3n) is 0.997. The highest BCUT2D eigenvalue weighted by Crippen LogP contribution is 2.24. The molecule has 68 valence electrons. The molecule has 0 aliphatic carbocycles. The summed E-state index contributed by atoms with van der Waals surface area (Å²) in [5, 5.41) is 0. The van der Waals surface area contributed by atoms with E-state index in [4.69, 9.17) is 0 Å². The SMILES string of the molecule is C=C(C)/C=C(\C=NC)C(F)(F)F. The van der Waals surface area contributed by atoms with Gasteiger partial charge < -0.3 is 0 Å². The molecule has 0 aliphatic heterocycles. The van der Waals surface area contributed by atoms with Crippen LogP contribution in [0.1, 0.15) is 6.92 Å². The summed E-state index contributed by atoms with van der Waals surface area (Å²) in [7, 11) is 1.29. The number of halogens is 3. The highest BCUT2D eigenvalue weighted by atomic mass is 19.4. The van der Waals surface area contributed by atoms with E-state index < -0.39 is 11.7 Å². The van der Waals surface area contributed by atoms with Crippen LogP contribution < -0.4 is 0 Å². The standard InChI is InChI=1S/C8H10F3N/c1-6(2)4-7(5-12-3)8(9,10)11/h4-5H,1H2,2-3H3/b7-4+,12-5?. The van der Waals surface area contributed by atoms with Crippen molar-refractivity contribution in [3.05, 3.63) is 23.8 Å². The average Bonchev–Trinajstić information content (AvgIpc) is 1.83. The van der Waals surface area contributed by atoms with E-state index in [1.165, 1.54) is 14.0 Å². The second kappa shape index (κ2) is 4.09. The van der Waals surface area contributed by atoms with E-state index in [2.05, 4.69) is 11.6 Å². The number of rotatable bonds is 2. The summed E-state index contributed by atoms with van der Waals surface area (Å²) in [4.78, 5) is 3.30. The average molecular weight is 177 g/mol. The Morgan fingerprint density at radius 2 is 1.92 bits per heavy atom. The minimum absolute atomic E-state index is 0.349. The molecule has 0 bridgehead atoms. The van der Waals surface area contributed by atoms with Gasteiger partial charge >= 0.3 is 6.18 Å². The van der Waals surface area contributed by atoms with Crippen molar-refractivity contribution in [3.8, 4) is 0 Å². The molecule has 0 rings (SSSR count). The second-order valence-corrected chi connectivity index (χ2v) is 2.33. The van der Waals surface area contributed by atoms with Gasteiger partial charge in [0.25, 0.3) is 0 Å². The molecule has 0 aromatic heterocycles. The lowest BCUT2D eigenvalue weighted by atomic mass is 10.2. The molecule has 0 aliphatic rings. The van der Waals surface area contributed by atoms with Crippen LogP contribution >= 0.6 is 0 Å². The van der Waals surface area contributed by atoms with Gasteiger partial charge in [-0.2, -0.15) is 13.2 Å². The van der Waals surface area contributed by atoms with E-state index in [0.29, 0.717) is 5.57 Å². The minimum Gasteiger partial charge on any atom is -0.296 e. The summed E-state index contributed by atoms with van der Waals surface area (Å²) >= 11 is 0. The molecular formula is C8H10F3N. The summed E-state index contributed by atoms with van der Waals surface area (Å²) in [5.41, 5.74) is -0.431. The molecule has 0 aromatic carbocycles. The third-order valence-corrected chi connectivity index (χ3v) is 0.997. The first-order chi connectivity index (χ1) is 5.38. The maximum atomic E-state index is 12.1. The van der Waals surface area contributed by atoms with Crippen molar-refractivity contribution < 1.29 is 13.2 Å². The molecule has 0 radical (unpaired) electrons. The zero-order chi connectivity index (χ0) is 9.78. The van der Waals surface area contributed by atoms with Crippen molar-refractivity contribution in [3.63, 3.8) is 0 Å². The fourth-order valence-electron chi connectivity index (χ4n) is 0.597. The monoisotopic (exact) mass is 177 g/mol. The Bertz CT molecular complexity index is 223. The zero-order valence-electron chi connectivity index (χ0n) is 6.94. The highest BCUT2D eigenvalue weighted by molar-refractivity contribution is 5.80. The van der Waals surface area contributed by atoms with Crippen molar-refractivity contribution in [2.75, 3.05) is 7.05 Å². The molecule has 0 atom stereocenters. The lowest BCUT2D eigenvalue weighted by molar-refractivity contribution is -0.0856. The van der Waals surface area contributed by atoms with Crippen molar-refractivity contribution in [1.29, 1.82) is 0 Å². The summed E-state index contributed by atoms with van der Waals surface area (Å²) < 4.78 is 36.2. The van der Waals surface area contributed by atoms with Crippen molar-refractivity contribution in [2.24, 2.45) is 4.99 Å². The van der Waals surface area contributed by atoms with Gasteiger partial charge in [0, 0.05) is 13.3 Å². The smallest absolute Gasteiger partial charge is 0.296 e. The van der Waals surface area contributed by atoms with Gasteiger partial charge in [0.05, 0.1) is 5.57 Å². The Balaban J connectivity index is 4.80. The van der Waals surface area contributed by atoms with Gasteiger partial charge in [0.2, 0.25) is 0 Å². The molecule has 4 heteroatoms. The topological polar surface area (TPSA) is 12.4 Å². The van der Waals surface area contributed by atoms with Crippen molar-refractivity contribution in [1.82, 2.24) is 0 Å². The van der Waals surface area contributed by atoms with Gasteiger partial charge in [-0.15, -0.1) is 0 Å². The molecule has 0 spiro atoms. The number of allylic oxidation sites excluding steroid dienone is 3. The largest absolute Gasteiger partial charge is 0.417 e. The Morgan fingerprint density at radius 1 is 1.42 bits per heavy atom. The van der Waals surface area contributed by atoms with E-state index in [1.807, 2.05) is 0 Å². The van der Waals surface area contributed by atoms with Crippen LogP contribution in [-0.2, 0) is 0 Å². The van der Waals surface area contributed by atoms with Crippen molar-refractivity contribution in [2.45, 2.75) is 13.1 Å². The Hall–Kier alpha value is -1.06. The summed E-state index contributed by atoms with van der Waals surface area (Å²) in [6, 6.07) is 0. The van der Waals surface area contributed by atoms with Gasteiger partial charge in [-0.05, 0) is 13.0 Å². The molecule has 0 unspecified atom stereocenters. The Labute approximate surface area is 69.3 Å². The summed E-state index contributed by atoms with van der Waals surface area (Å²) in [6.45, 7) is 4.85. The highest BCUT2D eigenvalue weighted by Gasteiger charge is 2.31. The molecule has 0 amide bonds. The van der Waals surface area contributed by atoms with E-state index >= 15 is 0 Å². The number of nitrogens with zero attached hydrogens (tertiary/aromatic N) is 1. The fraction of sp³-hybridized carbons (Fsp3) is 0.375. The van der Waals surface area contributed by atoms with Gasteiger partial charge in [-0.25, -0.2) is 0 Å². The summed E-state index contributed by atoms with van der Waals surface area (Å²) in [5.74, 6) is 0. The number of aliphatic imine (C=N–C) groups is 1. The zero-order valence-corrected chi connectivity index (χ0v) is 6.94. The van der Waals surface area contributed by atoms with E-state index in [9.17, 15) is 13.2 Å². The Kier molecular flexibility index (Phi) is 3.73. The van der Waals surface area contributed by atoms with Crippen LogP contribution in [0.5, 0.6) is 0 Å². The Morgan fingerprint density at radius 3 is 2.17 bits per heavy atom. The first-order valence-electron chi connectivity index (χ1n) is 3.24. The van der Waals surface area contributed by atoms with Gasteiger partial charge in [0.15, 0.2) is 0 Å². The first kappa shape index (κ1) is 10.9.